The van der Waals surface area contributed by atoms with Gasteiger partial charge in [-0.05, 0) is 57.2 Å². The van der Waals surface area contributed by atoms with Crippen molar-refractivity contribution in [2.24, 2.45) is 5.92 Å². The molecule has 1 saturated heterocycles. The summed E-state index contributed by atoms with van der Waals surface area (Å²) in [5.74, 6) is -2.62. The second-order valence-corrected chi connectivity index (χ2v) is 8.07. The molecule has 0 spiro atoms. The van der Waals surface area contributed by atoms with Gasteiger partial charge < -0.3 is 14.5 Å². The number of ether oxygens (including phenoxy) is 1. The van der Waals surface area contributed by atoms with Gasteiger partial charge >= 0.3 is 5.97 Å². The second-order valence-electron chi connectivity index (χ2n) is 8.07. The van der Waals surface area contributed by atoms with Crippen LogP contribution in [0.4, 0.5) is 11.4 Å². The van der Waals surface area contributed by atoms with Crippen LogP contribution in [0, 0.1) is 12.8 Å². The summed E-state index contributed by atoms with van der Waals surface area (Å²) in [4.78, 5) is 52.6. The van der Waals surface area contributed by atoms with Crippen molar-refractivity contribution in [1.82, 2.24) is 10.9 Å². The molecule has 2 aromatic rings. The topological polar surface area (TPSA) is 108 Å². The van der Waals surface area contributed by atoms with E-state index >= 15 is 0 Å². The molecule has 0 aromatic heterocycles. The molecular weight excluding hydrogens is 436 g/mol. The molecule has 1 aliphatic rings. The number of hydrogen-bond acceptors (Lipinski definition) is 6. The van der Waals surface area contributed by atoms with Crippen LogP contribution in [0.5, 0.6) is 0 Å². The lowest BCUT2D eigenvalue weighted by atomic mass is 10.1. The maximum atomic E-state index is 12.3. The molecular formula is C25H30N4O5. The molecule has 1 atom stereocenters. The SMILES string of the molecule is CCN(CC)c1ccc(C(=O)NNC(=O)COC(=O)C2CC(=O)N(c3ccc(C)cc3)C2)cc1. The van der Waals surface area contributed by atoms with E-state index in [1.165, 1.54) is 4.90 Å². The third kappa shape index (κ3) is 6.12. The first-order valence-corrected chi connectivity index (χ1v) is 11.3. The van der Waals surface area contributed by atoms with E-state index in [2.05, 4.69) is 29.6 Å². The van der Waals surface area contributed by atoms with E-state index < -0.39 is 30.3 Å². The minimum atomic E-state index is -0.679. The molecule has 9 heteroatoms. The van der Waals surface area contributed by atoms with E-state index in [9.17, 15) is 19.2 Å². The third-order valence-corrected chi connectivity index (χ3v) is 5.72. The van der Waals surface area contributed by atoms with Crippen molar-refractivity contribution in [2.75, 3.05) is 36.0 Å². The van der Waals surface area contributed by atoms with Crippen LogP contribution in [0.25, 0.3) is 0 Å². The maximum absolute atomic E-state index is 12.3. The smallest absolute Gasteiger partial charge is 0.311 e. The molecule has 0 aliphatic carbocycles. The summed E-state index contributed by atoms with van der Waals surface area (Å²) in [5.41, 5.74) is 7.71. The van der Waals surface area contributed by atoms with Gasteiger partial charge in [0.05, 0.1) is 5.92 Å². The van der Waals surface area contributed by atoms with E-state index in [0.29, 0.717) is 5.56 Å². The van der Waals surface area contributed by atoms with Crippen LogP contribution >= 0.6 is 0 Å². The molecule has 1 unspecified atom stereocenters. The number of esters is 1. The lowest BCUT2D eigenvalue weighted by Crippen LogP contribution is -2.43. The minimum absolute atomic E-state index is 0.0224. The summed E-state index contributed by atoms with van der Waals surface area (Å²) in [6.45, 7) is 7.41. The molecule has 1 fully saturated rings. The van der Waals surface area contributed by atoms with Crippen molar-refractivity contribution >= 4 is 35.1 Å². The quantitative estimate of drug-likeness (QED) is 0.456. The Morgan fingerprint density at radius 3 is 2.26 bits per heavy atom. The van der Waals surface area contributed by atoms with Crippen molar-refractivity contribution in [1.29, 1.82) is 0 Å². The number of benzene rings is 2. The van der Waals surface area contributed by atoms with Crippen LogP contribution in [0.3, 0.4) is 0 Å². The van der Waals surface area contributed by atoms with E-state index in [1.807, 2.05) is 43.3 Å². The number of carbonyl (C=O) groups is 4. The maximum Gasteiger partial charge on any atom is 0.311 e. The fraction of sp³-hybridized carbons (Fsp3) is 0.360. The van der Waals surface area contributed by atoms with Gasteiger partial charge in [-0.3, -0.25) is 30.0 Å². The van der Waals surface area contributed by atoms with Gasteiger partial charge in [0.1, 0.15) is 0 Å². The average molecular weight is 467 g/mol. The van der Waals surface area contributed by atoms with Crippen molar-refractivity contribution < 1.29 is 23.9 Å². The Bertz CT molecular complexity index is 1030. The number of nitrogens with zero attached hydrogens (tertiary/aromatic N) is 2. The van der Waals surface area contributed by atoms with Gasteiger partial charge in [0.15, 0.2) is 6.61 Å². The predicted molar refractivity (Wildman–Crippen MR) is 128 cm³/mol. The van der Waals surface area contributed by atoms with E-state index in [1.54, 1.807) is 12.1 Å². The molecule has 1 heterocycles. The molecule has 180 valence electrons. The Hall–Kier alpha value is -3.88. The normalized spacial score (nSPS) is 15.1. The number of aryl methyl sites for hydroxylation is 1. The second kappa shape index (κ2) is 11.3. The van der Waals surface area contributed by atoms with E-state index in [-0.39, 0.29) is 18.9 Å². The highest BCUT2D eigenvalue weighted by atomic mass is 16.5. The number of nitrogens with one attached hydrogen (secondary N) is 2. The van der Waals surface area contributed by atoms with Gasteiger partial charge in [-0.15, -0.1) is 0 Å². The first kappa shape index (κ1) is 24.8. The summed E-state index contributed by atoms with van der Waals surface area (Å²) in [7, 11) is 0. The lowest BCUT2D eigenvalue weighted by molar-refractivity contribution is -0.152. The number of hydrogen-bond donors (Lipinski definition) is 2. The predicted octanol–water partition coefficient (Wildman–Crippen LogP) is 2.20. The molecule has 2 aromatic carbocycles. The summed E-state index contributed by atoms with van der Waals surface area (Å²) in [6.07, 6.45) is 0.0224. The molecule has 2 N–H and O–H groups in total. The fourth-order valence-electron chi connectivity index (χ4n) is 3.74. The van der Waals surface area contributed by atoms with Gasteiger partial charge in [0.2, 0.25) is 5.91 Å². The molecule has 0 radical (unpaired) electrons. The molecule has 1 aliphatic heterocycles. The Morgan fingerprint density at radius 2 is 1.65 bits per heavy atom. The van der Waals surface area contributed by atoms with Crippen molar-refractivity contribution in [3.05, 3.63) is 59.7 Å². The standard InChI is InChI=1S/C25H30N4O5/c1-4-28(5-2)20-12-8-18(9-13-20)24(32)27-26-22(30)16-34-25(33)19-14-23(31)29(15-19)21-10-6-17(3)7-11-21/h6-13,19H,4-5,14-16H2,1-3H3,(H,26,30)(H,27,32). The zero-order valence-electron chi connectivity index (χ0n) is 19.7. The Kier molecular flexibility index (Phi) is 8.24. The highest BCUT2D eigenvalue weighted by Gasteiger charge is 2.36. The van der Waals surface area contributed by atoms with Gasteiger partial charge in [0.25, 0.3) is 11.8 Å². The minimum Gasteiger partial charge on any atom is -0.455 e. The monoisotopic (exact) mass is 466 g/mol. The molecule has 9 nitrogen and oxygen atoms in total. The molecule has 3 amide bonds. The molecule has 0 saturated carbocycles. The Morgan fingerprint density at radius 1 is 1.00 bits per heavy atom. The van der Waals surface area contributed by atoms with E-state index in [0.717, 1.165) is 30.0 Å². The lowest BCUT2D eigenvalue weighted by Gasteiger charge is -2.21. The first-order valence-electron chi connectivity index (χ1n) is 11.3. The average Bonchev–Trinajstić information content (AvgIpc) is 3.24. The molecule has 0 bridgehead atoms. The van der Waals surface area contributed by atoms with Crippen molar-refractivity contribution in [3.63, 3.8) is 0 Å². The van der Waals surface area contributed by atoms with Gasteiger partial charge in [-0.2, -0.15) is 0 Å². The van der Waals surface area contributed by atoms with Crippen LogP contribution < -0.4 is 20.7 Å². The van der Waals surface area contributed by atoms with Crippen LogP contribution in [0.2, 0.25) is 0 Å². The van der Waals surface area contributed by atoms with Crippen LogP contribution in [0.1, 0.15) is 36.2 Å². The van der Waals surface area contributed by atoms with Crippen molar-refractivity contribution in [2.45, 2.75) is 27.2 Å². The summed E-state index contributed by atoms with van der Waals surface area (Å²) >= 11 is 0. The summed E-state index contributed by atoms with van der Waals surface area (Å²) < 4.78 is 5.06. The van der Waals surface area contributed by atoms with E-state index in [4.69, 9.17) is 4.74 Å². The Labute approximate surface area is 199 Å². The fourth-order valence-corrected chi connectivity index (χ4v) is 3.74. The summed E-state index contributed by atoms with van der Waals surface area (Å²) in [5, 5.41) is 0. The highest BCUT2D eigenvalue weighted by Crippen LogP contribution is 2.26. The zero-order valence-corrected chi connectivity index (χ0v) is 19.7. The van der Waals surface area contributed by atoms with Crippen LogP contribution in [0.15, 0.2) is 48.5 Å². The molecule has 3 rings (SSSR count). The number of anilines is 2. The number of carbonyl (C=O) groups excluding carboxylic acids is 4. The number of amides is 3. The summed E-state index contributed by atoms with van der Waals surface area (Å²) in [6, 6.07) is 14.5. The first-order chi connectivity index (χ1) is 16.3. The van der Waals surface area contributed by atoms with Crippen LogP contribution in [-0.2, 0) is 19.1 Å². The largest absolute Gasteiger partial charge is 0.455 e. The van der Waals surface area contributed by atoms with Gasteiger partial charge in [0, 0.05) is 43.0 Å². The van der Waals surface area contributed by atoms with Crippen molar-refractivity contribution in [3.8, 4) is 0 Å². The van der Waals surface area contributed by atoms with Gasteiger partial charge in [-0.25, -0.2) is 0 Å². The van der Waals surface area contributed by atoms with Crippen LogP contribution in [-0.4, -0.2) is 49.9 Å². The van der Waals surface area contributed by atoms with Gasteiger partial charge in [-0.1, -0.05) is 17.7 Å². The zero-order chi connectivity index (χ0) is 24.7. The molecule has 34 heavy (non-hydrogen) atoms. The third-order valence-electron chi connectivity index (χ3n) is 5.72. The Balaban J connectivity index is 1.43. The highest BCUT2D eigenvalue weighted by molar-refractivity contribution is 6.00. The number of rotatable bonds is 8. The number of hydrazine groups is 1.